The van der Waals surface area contributed by atoms with Gasteiger partial charge in [0, 0.05) is 0 Å². The SMILES string of the molecule is COc1ccc(O[C@@H](C)C(=O)[C@@H]2C(=O)N(Cc3ccccc3)N=C2C)cc1. The average Bonchev–Trinajstić information content (AvgIpc) is 2.95. The summed E-state index contributed by atoms with van der Waals surface area (Å²) in [7, 11) is 1.58. The van der Waals surface area contributed by atoms with Crippen LogP contribution in [-0.2, 0) is 16.1 Å². The van der Waals surface area contributed by atoms with E-state index in [9.17, 15) is 9.59 Å². The van der Waals surface area contributed by atoms with E-state index in [1.165, 1.54) is 5.01 Å². The molecule has 0 bridgehead atoms. The van der Waals surface area contributed by atoms with Gasteiger partial charge in [-0.15, -0.1) is 0 Å². The van der Waals surface area contributed by atoms with Crippen molar-refractivity contribution in [1.82, 2.24) is 5.01 Å². The van der Waals surface area contributed by atoms with Crippen molar-refractivity contribution >= 4 is 17.4 Å². The second-order valence-corrected chi connectivity index (χ2v) is 6.39. The molecular formula is C21H22N2O4. The largest absolute Gasteiger partial charge is 0.497 e. The molecule has 0 radical (unpaired) electrons. The smallest absolute Gasteiger partial charge is 0.259 e. The predicted octanol–water partition coefficient (Wildman–Crippen LogP) is 3.07. The predicted molar refractivity (Wildman–Crippen MR) is 102 cm³/mol. The highest BCUT2D eigenvalue weighted by Gasteiger charge is 2.41. The first-order valence-electron chi connectivity index (χ1n) is 8.74. The van der Waals surface area contributed by atoms with Gasteiger partial charge in [0.1, 0.15) is 17.4 Å². The maximum absolute atomic E-state index is 12.8. The van der Waals surface area contributed by atoms with Gasteiger partial charge in [-0.05, 0) is 43.7 Å². The maximum atomic E-state index is 12.8. The molecule has 1 heterocycles. The first kappa shape index (κ1) is 18.6. The summed E-state index contributed by atoms with van der Waals surface area (Å²) in [5, 5.41) is 5.64. The Morgan fingerprint density at radius 2 is 1.74 bits per heavy atom. The molecule has 1 aliphatic rings. The van der Waals surface area contributed by atoms with Crippen molar-refractivity contribution in [2.75, 3.05) is 7.11 Å². The third kappa shape index (κ3) is 4.16. The highest BCUT2D eigenvalue weighted by molar-refractivity contribution is 6.23. The number of benzene rings is 2. The average molecular weight is 366 g/mol. The number of rotatable bonds is 7. The molecule has 1 amide bonds. The molecular weight excluding hydrogens is 344 g/mol. The highest BCUT2D eigenvalue weighted by Crippen LogP contribution is 2.23. The van der Waals surface area contributed by atoms with Crippen LogP contribution in [0.15, 0.2) is 59.7 Å². The van der Waals surface area contributed by atoms with E-state index in [0.29, 0.717) is 23.8 Å². The quantitative estimate of drug-likeness (QED) is 0.706. The topological polar surface area (TPSA) is 68.2 Å². The Morgan fingerprint density at radius 1 is 1.11 bits per heavy atom. The zero-order valence-electron chi connectivity index (χ0n) is 15.6. The van der Waals surface area contributed by atoms with Crippen molar-refractivity contribution in [1.29, 1.82) is 0 Å². The van der Waals surface area contributed by atoms with Gasteiger partial charge in [-0.2, -0.15) is 5.10 Å². The number of hydrogen-bond donors (Lipinski definition) is 0. The molecule has 140 valence electrons. The molecule has 0 aliphatic carbocycles. The fraction of sp³-hybridized carbons (Fsp3) is 0.286. The van der Waals surface area contributed by atoms with Crippen LogP contribution in [0.3, 0.4) is 0 Å². The zero-order chi connectivity index (χ0) is 19.4. The lowest BCUT2D eigenvalue weighted by Gasteiger charge is -2.18. The molecule has 0 unspecified atom stereocenters. The van der Waals surface area contributed by atoms with Gasteiger partial charge in [-0.1, -0.05) is 30.3 Å². The standard InChI is InChI=1S/C21H22N2O4/c1-14-19(21(25)23(22-14)13-16-7-5-4-6-8-16)20(24)15(2)27-18-11-9-17(26-3)10-12-18/h4-12,15,19H,13H2,1-3H3/t15-,19+/m0/s1. The first-order chi connectivity index (χ1) is 13.0. The second-order valence-electron chi connectivity index (χ2n) is 6.39. The number of nitrogens with zero attached hydrogens (tertiary/aromatic N) is 2. The molecule has 0 N–H and O–H groups in total. The van der Waals surface area contributed by atoms with E-state index < -0.39 is 12.0 Å². The Morgan fingerprint density at radius 3 is 2.37 bits per heavy atom. The van der Waals surface area contributed by atoms with Crippen LogP contribution >= 0.6 is 0 Å². The minimum Gasteiger partial charge on any atom is -0.497 e. The lowest BCUT2D eigenvalue weighted by atomic mass is 9.95. The molecule has 0 fully saturated rings. The van der Waals surface area contributed by atoms with E-state index in [1.54, 1.807) is 45.2 Å². The van der Waals surface area contributed by atoms with E-state index >= 15 is 0 Å². The van der Waals surface area contributed by atoms with Crippen molar-refractivity contribution in [3.63, 3.8) is 0 Å². The molecule has 6 nitrogen and oxygen atoms in total. The number of carbonyl (C=O) groups is 2. The number of amides is 1. The summed E-state index contributed by atoms with van der Waals surface area (Å²) in [6.45, 7) is 3.69. The van der Waals surface area contributed by atoms with Gasteiger partial charge in [-0.3, -0.25) is 9.59 Å². The summed E-state index contributed by atoms with van der Waals surface area (Å²) < 4.78 is 10.8. The van der Waals surface area contributed by atoms with E-state index in [-0.39, 0.29) is 11.7 Å². The molecule has 6 heteroatoms. The normalized spacial score (nSPS) is 17.4. The van der Waals surface area contributed by atoms with Gasteiger partial charge < -0.3 is 9.47 Å². The Hall–Kier alpha value is -3.15. The van der Waals surface area contributed by atoms with Crippen molar-refractivity contribution in [3.05, 3.63) is 60.2 Å². The van der Waals surface area contributed by atoms with Crippen molar-refractivity contribution in [2.45, 2.75) is 26.5 Å². The van der Waals surface area contributed by atoms with Crippen LogP contribution in [0, 0.1) is 5.92 Å². The molecule has 27 heavy (non-hydrogen) atoms. The van der Waals surface area contributed by atoms with Crippen LogP contribution < -0.4 is 9.47 Å². The second kappa shape index (κ2) is 8.03. The Bertz CT molecular complexity index is 846. The van der Waals surface area contributed by atoms with Crippen molar-refractivity contribution in [2.24, 2.45) is 11.0 Å². The summed E-state index contributed by atoms with van der Waals surface area (Å²) in [5.41, 5.74) is 1.45. The summed E-state index contributed by atoms with van der Waals surface area (Å²) >= 11 is 0. The molecule has 0 saturated carbocycles. The molecule has 0 aromatic heterocycles. The molecule has 2 aromatic rings. The molecule has 2 aromatic carbocycles. The third-order valence-electron chi connectivity index (χ3n) is 4.43. The van der Waals surface area contributed by atoms with Crippen LogP contribution in [-0.4, -0.2) is 35.6 Å². The minimum atomic E-state index is -0.901. The molecule has 0 saturated heterocycles. The van der Waals surface area contributed by atoms with Crippen LogP contribution in [0.25, 0.3) is 0 Å². The number of Topliss-reactive ketones (excluding diaryl/α,β-unsaturated/α-hetero) is 1. The van der Waals surface area contributed by atoms with Gasteiger partial charge in [0.05, 0.1) is 19.4 Å². The molecule has 0 spiro atoms. The number of ketones is 1. The molecule has 2 atom stereocenters. The van der Waals surface area contributed by atoms with Crippen LogP contribution in [0.4, 0.5) is 0 Å². The van der Waals surface area contributed by atoms with Gasteiger partial charge >= 0.3 is 0 Å². The Balaban J connectivity index is 1.66. The van der Waals surface area contributed by atoms with Crippen LogP contribution in [0.1, 0.15) is 19.4 Å². The number of carbonyl (C=O) groups excluding carboxylic acids is 2. The monoisotopic (exact) mass is 366 g/mol. The van der Waals surface area contributed by atoms with E-state index in [0.717, 1.165) is 5.56 Å². The van der Waals surface area contributed by atoms with Crippen molar-refractivity contribution in [3.8, 4) is 11.5 Å². The van der Waals surface area contributed by atoms with E-state index in [2.05, 4.69) is 5.10 Å². The number of methoxy groups -OCH3 is 1. The fourth-order valence-corrected chi connectivity index (χ4v) is 2.97. The van der Waals surface area contributed by atoms with Crippen LogP contribution in [0.2, 0.25) is 0 Å². The number of hydrazone groups is 1. The first-order valence-corrected chi connectivity index (χ1v) is 8.74. The lowest BCUT2D eigenvalue weighted by Crippen LogP contribution is -2.39. The maximum Gasteiger partial charge on any atom is 0.259 e. The lowest BCUT2D eigenvalue weighted by molar-refractivity contribution is -0.139. The molecule has 1 aliphatic heterocycles. The third-order valence-corrected chi connectivity index (χ3v) is 4.43. The number of ether oxygens (including phenoxy) is 2. The fourth-order valence-electron chi connectivity index (χ4n) is 2.97. The molecule has 3 rings (SSSR count). The summed E-state index contributed by atoms with van der Waals surface area (Å²) in [5.74, 6) is -0.272. The van der Waals surface area contributed by atoms with E-state index in [4.69, 9.17) is 9.47 Å². The van der Waals surface area contributed by atoms with Crippen molar-refractivity contribution < 1.29 is 19.1 Å². The van der Waals surface area contributed by atoms with Crippen LogP contribution in [0.5, 0.6) is 11.5 Å². The highest BCUT2D eigenvalue weighted by atomic mass is 16.5. The summed E-state index contributed by atoms with van der Waals surface area (Å²) in [6.07, 6.45) is -0.769. The zero-order valence-corrected chi connectivity index (χ0v) is 15.6. The van der Waals surface area contributed by atoms with Gasteiger partial charge in [0.25, 0.3) is 5.91 Å². The summed E-state index contributed by atoms with van der Waals surface area (Å²) in [4.78, 5) is 25.5. The number of hydrogen-bond acceptors (Lipinski definition) is 5. The van der Waals surface area contributed by atoms with E-state index in [1.807, 2.05) is 30.3 Å². The van der Waals surface area contributed by atoms with Gasteiger partial charge in [0.2, 0.25) is 0 Å². The Labute approximate surface area is 158 Å². The van der Waals surface area contributed by atoms with Gasteiger partial charge in [0.15, 0.2) is 11.9 Å². The minimum absolute atomic E-state index is 0.298. The Kier molecular flexibility index (Phi) is 5.54. The van der Waals surface area contributed by atoms with Gasteiger partial charge in [-0.25, -0.2) is 5.01 Å². The summed E-state index contributed by atoms with van der Waals surface area (Å²) in [6, 6.07) is 16.5.